The molecule has 0 amide bonds. The fraction of sp³-hybridized carbons (Fsp3) is 0.294. The average Bonchev–Trinajstić information content (AvgIpc) is 2.40. The molecule has 18 heavy (non-hydrogen) atoms. The van der Waals surface area contributed by atoms with Gasteiger partial charge in [-0.2, -0.15) is 0 Å². The maximum atomic E-state index is 2.25. The Morgan fingerprint density at radius 1 is 0.833 bits per heavy atom. The van der Waals surface area contributed by atoms with Gasteiger partial charge in [0.15, 0.2) is 0 Å². The van der Waals surface area contributed by atoms with Gasteiger partial charge in [-0.15, -0.1) is 0 Å². The molecule has 0 aliphatic carbocycles. The first-order valence-electron chi connectivity index (χ1n) is 6.63. The quantitative estimate of drug-likeness (QED) is 0.817. The van der Waals surface area contributed by atoms with Gasteiger partial charge in [0.05, 0.1) is 20.6 Å². The highest BCUT2D eigenvalue weighted by Gasteiger charge is 2.15. The molecule has 0 aliphatic heterocycles. The summed E-state index contributed by atoms with van der Waals surface area (Å²) in [6.45, 7) is 1.17. The zero-order valence-electron chi connectivity index (χ0n) is 11.3. The van der Waals surface area contributed by atoms with Gasteiger partial charge in [0, 0.05) is 5.92 Å². The maximum absolute atomic E-state index is 2.25. The van der Waals surface area contributed by atoms with Crippen molar-refractivity contribution in [3.05, 3.63) is 71.8 Å². The second-order valence-electron chi connectivity index (χ2n) is 5.21. The van der Waals surface area contributed by atoms with Gasteiger partial charge in [0.1, 0.15) is 0 Å². The molecule has 0 heterocycles. The van der Waals surface area contributed by atoms with Crippen LogP contribution in [0, 0.1) is 0 Å². The summed E-state index contributed by atoms with van der Waals surface area (Å²) in [5, 5.41) is 0. The van der Waals surface area contributed by atoms with Gasteiger partial charge in [-0.3, -0.25) is 0 Å². The molecule has 0 saturated heterocycles. The molecule has 0 radical (unpaired) electrons. The van der Waals surface area contributed by atoms with Gasteiger partial charge in [0.25, 0.3) is 0 Å². The molecule has 1 nitrogen and oxygen atoms in total. The zero-order valence-corrected chi connectivity index (χ0v) is 11.3. The van der Waals surface area contributed by atoms with E-state index in [9.17, 15) is 0 Å². The third kappa shape index (κ3) is 3.71. The molecule has 0 bridgehead atoms. The lowest BCUT2D eigenvalue weighted by Gasteiger charge is -2.19. The van der Waals surface area contributed by atoms with E-state index in [-0.39, 0.29) is 0 Å². The summed E-state index contributed by atoms with van der Waals surface area (Å²) in [7, 11) is 4.45. The van der Waals surface area contributed by atoms with Crippen molar-refractivity contribution >= 4 is 0 Å². The van der Waals surface area contributed by atoms with Crippen LogP contribution in [0.3, 0.4) is 0 Å². The van der Waals surface area contributed by atoms with E-state index in [2.05, 4.69) is 74.8 Å². The summed E-state index contributed by atoms with van der Waals surface area (Å²) >= 11 is 0. The van der Waals surface area contributed by atoms with Crippen LogP contribution in [0.25, 0.3) is 0 Å². The van der Waals surface area contributed by atoms with Crippen LogP contribution in [0.1, 0.15) is 17.0 Å². The predicted octanol–water partition coefficient (Wildman–Crippen LogP) is 2.16. The number of benzene rings is 2. The highest BCUT2D eigenvalue weighted by atomic mass is 15.1. The Labute approximate surface area is 110 Å². The van der Waals surface area contributed by atoms with Crippen LogP contribution in [0.2, 0.25) is 0 Å². The van der Waals surface area contributed by atoms with E-state index in [4.69, 9.17) is 0 Å². The Balaban J connectivity index is 2.16. The molecular weight excluding hydrogens is 218 g/mol. The van der Waals surface area contributed by atoms with E-state index in [1.54, 1.807) is 0 Å². The fourth-order valence-electron chi connectivity index (χ4n) is 2.42. The Morgan fingerprint density at radius 2 is 1.39 bits per heavy atom. The van der Waals surface area contributed by atoms with Crippen molar-refractivity contribution in [3.63, 3.8) is 0 Å². The molecule has 94 valence electrons. The fourth-order valence-corrected chi connectivity index (χ4v) is 2.42. The minimum absolute atomic E-state index is 0.596. The van der Waals surface area contributed by atoms with Crippen molar-refractivity contribution in [3.8, 4) is 0 Å². The Morgan fingerprint density at radius 3 is 1.94 bits per heavy atom. The van der Waals surface area contributed by atoms with Crippen LogP contribution in [0.5, 0.6) is 0 Å². The third-order valence-electron chi connectivity index (χ3n) is 3.25. The maximum Gasteiger partial charge on any atom is 0.0839 e. The van der Waals surface area contributed by atoms with Crippen LogP contribution >= 0.6 is 0 Å². The first kappa shape index (κ1) is 12.8. The number of rotatable bonds is 5. The summed E-state index contributed by atoms with van der Waals surface area (Å²) in [4.78, 5) is 1.50. The largest absolute Gasteiger partial charge is 0.339 e. The number of hydrogen-bond donors (Lipinski definition) is 1. The second kappa shape index (κ2) is 6.36. The van der Waals surface area contributed by atoms with Crippen LogP contribution < -0.4 is 4.90 Å². The van der Waals surface area contributed by atoms with Crippen molar-refractivity contribution in [1.82, 2.24) is 0 Å². The molecule has 1 atom stereocenters. The summed E-state index contributed by atoms with van der Waals surface area (Å²) in [6, 6.07) is 21.6. The normalized spacial score (nSPS) is 12.6. The SMILES string of the molecule is C[NH+](C)CC(Cc1ccccc1)c1ccccc1. The van der Waals surface area contributed by atoms with E-state index in [0.717, 1.165) is 6.42 Å². The van der Waals surface area contributed by atoms with Crippen molar-refractivity contribution in [2.75, 3.05) is 20.6 Å². The first-order valence-corrected chi connectivity index (χ1v) is 6.63. The predicted molar refractivity (Wildman–Crippen MR) is 77.0 cm³/mol. The molecule has 0 aromatic heterocycles. The van der Waals surface area contributed by atoms with E-state index < -0.39 is 0 Å². The number of likely N-dealkylation sites (N-methyl/N-ethyl adjacent to an activating group) is 1. The number of quaternary nitrogens is 1. The van der Waals surface area contributed by atoms with Gasteiger partial charge in [0.2, 0.25) is 0 Å². The Hall–Kier alpha value is -1.60. The smallest absolute Gasteiger partial charge is 0.0839 e. The molecule has 2 aromatic carbocycles. The van der Waals surface area contributed by atoms with Crippen LogP contribution in [-0.2, 0) is 6.42 Å². The Kier molecular flexibility index (Phi) is 4.54. The van der Waals surface area contributed by atoms with Crippen LogP contribution in [-0.4, -0.2) is 20.6 Å². The van der Waals surface area contributed by atoms with E-state index >= 15 is 0 Å². The number of hydrogen-bond acceptors (Lipinski definition) is 0. The lowest BCUT2D eigenvalue weighted by Crippen LogP contribution is -3.06. The summed E-state index contributed by atoms with van der Waals surface area (Å²) < 4.78 is 0. The van der Waals surface area contributed by atoms with Crippen molar-refractivity contribution in [1.29, 1.82) is 0 Å². The second-order valence-corrected chi connectivity index (χ2v) is 5.21. The Bertz CT molecular complexity index is 448. The van der Waals surface area contributed by atoms with Gasteiger partial charge < -0.3 is 4.90 Å². The standard InChI is InChI=1S/C17H21N/c1-18(2)14-17(16-11-7-4-8-12-16)13-15-9-5-3-6-10-15/h3-12,17H,13-14H2,1-2H3/p+1. The molecular formula is C17H22N+. The van der Waals surface area contributed by atoms with E-state index in [1.807, 2.05) is 0 Å². The molecule has 0 spiro atoms. The molecule has 2 aromatic rings. The van der Waals surface area contributed by atoms with Crippen molar-refractivity contribution in [2.45, 2.75) is 12.3 Å². The summed E-state index contributed by atoms with van der Waals surface area (Å²) in [5.74, 6) is 0.596. The molecule has 1 N–H and O–H groups in total. The lowest BCUT2D eigenvalue weighted by molar-refractivity contribution is -0.859. The number of nitrogens with one attached hydrogen (secondary N) is 1. The molecule has 0 aliphatic rings. The van der Waals surface area contributed by atoms with Gasteiger partial charge in [-0.25, -0.2) is 0 Å². The lowest BCUT2D eigenvalue weighted by atomic mass is 9.91. The molecule has 1 heteroatoms. The summed E-state index contributed by atoms with van der Waals surface area (Å²) in [6.07, 6.45) is 1.12. The average molecular weight is 240 g/mol. The van der Waals surface area contributed by atoms with Gasteiger partial charge >= 0.3 is 0 Å². The summed E-state index contributed by atoms with van der Waals surface area (Å²) in [5.41, 5.74) is 2.87. The minimum atomic E-state index is 0.596. The monoisotopic (exact) mass is 240 g/mol. The van der Waals surface area contributed by atoms with Crippen LogP contribution in [0.4, 0.5) is 0 Å². The van der Waals surface area contributed by atoms with Gasteiger partial charge in [-0.05, 0) is 17.5 Å². The molecule has 0 fully saturated rings. The topological polar surface area (TPSA) is 4.44 Å². The molecule has 0 saturated carbocycles. The first-order chi connectivity index (χ1) is 8.75. The van der Waals surface area contributed by atoms with Crippen molar-refractivity contribution < 1.29 is 4.90 Å². The molecule has 2 rings (SSSR count). The van der Waals surface area contributed by atoms with Crippen LogP contribution in [0.15, 0.2) is 60.7 Å². The highest BCUT2D eigenvalue weighted by molar-refractivity contribution is 5.24. The van der Waals surface area contributed by atoms with Crippen molar-refractivity contribution in [2.24, 2.45) is 0 Å². The van der Waals surface area contributed by atoms with Gasteiger partial charge in [-0.1, -0.05) is 60.7 Å². The minimum Gasteiger partial charge on any atom is -0.339 e. The third-order valence-corrected chi connectivity index (χ3v) is 3.25. The van der Waals surface area contributed by atoms with E-state index in [1.165, 1.54) is 22.6 Å². The molecule has 1 unspecified atom stereocenters. The van der Waals surface area contributed by atoms with E-state index in [0.29, 0.717) is 5.92 Å². The zero-order chi connectivity index (χ0) is 12.8. The highest BCUT2D eigenvalue weighted by Crippen LogP contribution is 2.19.